The second-order valence-electron chi connectivity index (χ2n) is 7.15. The maximum Gasteiger partial charge on any atom is 0.308 e. The van der Waals surface area contributed by atoms with Crippen LogP contribution in [-0.2, 0) is 28.5 Å². The van der Waals surface area contributed by atoms with E-state index in [0.717, 1.165) is 0 Å². The minimum Gasteiger partial charge on any atom is -0.463 e. The molecule has 3 saturated heterocycles. The smallest absolute Gasteiger partial charge is 0.308 e. The molecule has 168 valence electrons. The maximum atomic E-state index is 11.2. The summed E-state index contributed by atoms with van der Waals surface area (Å²) >= 11 is 0. The molecule has 1 unspecified atom stereocenters. The molecular weight excluding hydrogens is 400 g/mol. The topological polar surface area (TPSA) is 205 Å². The van der Waals surface area contributed by atoms with Crippen LogP contribution in [-0.4, -0.2) is 129 Å². The third-order valence-electron chi connectivity index (χ3n) is 5.11. The van der Waals surface area contributed by atoms with Gasteiger partial charge in [0.25, 0.3) is 0 Å². The van der Waals surface area contributed by atoms with Gasteiger partial charge in [-0.2, -0.15) is 0 Å². The lowest BCUT2D eigenvalue weighted by atomic mass is 9.97. The highest BCUT2D eigenvalue weighted by Crippen LogP contribution is 2.30. The summed E-state index contributed by atoms with van der Waals surface area (Å²) in [6.07, 6.45) is -16.2. The van der Waals surface area contributed by atoms with Gasteiger partial charge in [-0.05, 0) is 0 Å². The molecule has 0 radical (unpaired) electrons. The Hall–Kier alpha value is -0.970. The standard InChI is InChI=1S/C16H26O13/c17-2-6-9(20)11(22)12(23)15(27-6)29-14-10(21)7(3-18)28-16(13(14)24)26-5-1-8(19)25-4-5/h5-7,9-18,20-24H,1-4H2/t5?,6-,7-,9-,10-,11+,12-,13-,14+,15+,16-/m1/s1. The predicted octanol–water partition coefficient (Wildman–Crippen LogP) is -5.06. The van der Waals surface area contributed by atoms with Gasteiger partial charge in [-0.15, -0.1) is 0 Å². The van der Waals surface area contributed by atoms with E-state index in [4.69, 9.17) is 23.7 Å². The summed E-state index contributed by atoms with van der Waals surface area (Å²) in [6.45, 7) is -1.41. The first-order valence-corrected chi connectivity index (χ1v) is 9.16. The zero-order valence-corrected chi connectivity index (χ0v) is 15.3. The lowest BCUT2D eigenvalue weighted by Gasteiger charge is -2.46. The number of aliphatic hydroxyl groups excluding tert-OH is 7. The van der Waals surface area contributed by atoms with Crippen molar-refractivity contribution in [3.05, 3.63) is 0 Å². The molecular formula is C16H26O13. The molecule has 0 aromatic rings. The van der Waals surface area contributed by atoms with Crippen molar-refractivity contribution in [3.8, 4) is 0 Å². The van der Waals surface area contributed by atoms with Crippen LogP contribution in [0.4, 0.5) is 0 Å². The van der Waals surface area contributed by atoms with E-state index in [1.54, 1.807) is 0 Å². The largest absolute Gasteiger partial charge is 0.463 e. The van der Waals surface area contributed by atoms with Crippen molar-refractivity contribution in [2.45, 2.75) is 73.9 Å². The summed E-state index contributed by atoms with van der Waals surface area (Å²) in [5, 5.41) is 69.4. The van der Waals surface area contributed by atoms with Gasteiger partial charge in [0, 0.05) is 0 Å². The highest BCUT2D eigenvalue weighted by molar-refractivity contribution is 5.71. The first kappa shape index (κ1) is 22.7. The van der Waals surface area contributed by atoms with Gasteiger partial charge in [0.1, 0.15) is 61.5 Å². The summed E-state index contributed by atoms with van der Waals surface area (Å²) in [4.78, 5) is 11.2. The van der Waals surface area contributed by atoms with E-state index >= 15 is 0 Å². The number of aliphatic hydroxyl groups is 7. The number of cyclic esters (lactones) is 1. The van der Waals surface area contributed by atoms with Crippen molar-refractivity contribution in [1.29, 1.82) is 0 Å². The summed E-state index contributed by atoms with van der Waals surface area (Å²) in [5.74, 6) is -0.492. The zero-order valence-electron chi connectivity index (χ0n) is 15.3. The normalized spacial score (nSPS) is 48.5. The number of ether oxygens (including phenoxy) is 5. The SMILES string of the molecule is O=C1CC(O[C@@H]2O[C@H](CO)[C@@H](O)[C@H](O[C@@H]3O[C@H](CO)[C@@H](O)[C@H](O)[C@H]3O)[C@H]2O)CO1. The number of rotatable bonds is 6. The van der Waals surface area contributed by atoms with Crippen LogP contribution in [0.1, 0.15) is 6.42 Å². The van der Waals surface area contributed by atoms with Crippen molar-refractivity contribution in [2.24, 2.45) is 0 Å². The molecule has 0 bridgehead atoms. The minimum atomic E-state index is -1.76. The zero-order chi connectivity index (χ0) is 21.3. The minimum absolute atomic E-state index is 0.0595. The van der Waals surface area contributed by atoms with Gasteiger partial charge in [0.05, 0.1) is 19.6 Å². The molecule has 3 aliphatic rings. The van der Waals surface area contributed by atoms with Crippen LogP contribution in [0.5, 0.6) is 0 Å². The number of hydrogen-bond acceptors (Lipinski definition) is 13. The van der Waals surface area contributed by atoms with Crippen LogP contribution in [0.15, 0.2) is 0 Å². The average Bonchev–Trinajstić information content (AvgIpc) is 3.11. The van der Waals surface area contributed by atoms with Crippen molar-refractivity contribution in [2.75, 3.05) is 19.8 Å². The fourth-order valence-electron chi connectivity index (χ4n) is 3.43. The Morgan fingerprint density at radius 2 is 1.38 bits per heavy atom. The molecule has 3 aliphatic heterocycles. The van der Waals surface area contributed by atoms with Gasteiger partial charge < -0.3 is 59.4 Å². The van der Waals surface area contributed by atoms with Gasteiger partial charge in [-0.1, -0.05) is 0 Å². The number of carbonyl (C=O) groups excluding carboxylic acids is 1. The Balaban J connectivity index is 1.72. The van der Waals surface area contributed by atoms with E-state index in [9.17, 15) is 40.5 Å². The second-order valence-corrected chi connectivity index (χ2v) is 7.15. The molecule has 0 aromatic heterocycles. The first-order valence-electron chi connectivity index (χ1n) is 9.16. The summed E-state index contributed by atoms with van der Waals surface area (Å²) in [5.41, 5.74) is 0. The molecule has 29 heavy (non-hydrogen) atoms. The highest BCUT2D eigenvalue weighted by atomic mass is 16.7. The number of carbonyl (C=O) groups is 1. The van der Waals surface area contributed by atoms with Gasteiger partial charge in [0.2, 0.25) is 0 Å². The van der Waals surface area contributed by atoms with Gasteiger partial charge in [-0.3, -0.25) is 4.79 Å². The predicted molar refractivity (Wildman–Crippen MR) is 86.8 cm³/mol. The molecule has 0 amide bonds. The van der Waals surface area contributed by atoms with E-state index in [2.05, 4.69) is 0 Å². The van der Waals surface area contributed by atoms with E-state index in [0.29, 0.717) is 0 Å². The van der Waals surface area contributed by atoms with Crippen molar-refractivity contribution in [3.63, 3.8) is 0 Å². The van der Waals surface area contributed by atoms with Crippen molar-refractivity contribution < 1.29 is 64.2 Å². The number of hydrogen-bond donors (Lipinski definition) is 7. The molecule has 3 fully saturated rings. The van der Waals surface area contributed by atoms with Gasteiger partial charge in [0.15, 0.2) is 12.6 Å². The van der Waals surface area contributed by atoms with Crippen LogP contribution in [0, 0.1) is 0 Å². The van der Waals surface area contributed by atoms with Crippen molar-refractivity contribution in [1.82, 2.24) is 0 Å². The van der Waals surface area contributed by atoms with Crippen LogP contribution >= 0.6 is 0 Å². The molecule has 13 nitrogen and oxygen atoms in total. The summed E-state index contributed by atoms with van der Waals surface area (Å²) in [6, 6.07) is 0. The van der Waals surface area contributed by atoms with Crippen molar-refractivity contribution >= 4 is 5.97 Å². The Morgan fingerprint density at radius 3 is 1.93 bits per heavy atom. The Morgan fingerprint density at radius 1 is 0.793 bits per heavy atom. The Kier molecular flexibility index (Phi) is 7.40. The van der Waals surface area contributed by atoms with Crippen LogP contribution in [0.25, 0.3) is 0 Å². The monoisotopic (exact) mass is 426 g/mol. The fourth-order valence-corrected chi connectivity index (χ4v) is 3.43. The number of esters is 1. The quantitative estimate of drug-likeness (QED) is 0.199. The van der Waals surface area contributed by atoms with Crippen LogP contribution < -0.4 is 0 Å². The lowest BCUT2D eigenvalue weighted by molar-refractivity contribution is -0.363. The third-order valence-corrected chi connectivity index (χ3v) is 5.11. The summed E-state index contributed by atoms with van der Waals surface area (Å²) < 4.78 is 26.2. The lowest BCUT2D eigenvalue weighted by Crippen LogP contribution is -2.65. The highest BCUT2D eigenvalue weighted by Gasteiger charge is 2.51. The molecule has 0 saturated carbocycles. The average molecular weight is 426 g/mol. The summed E-state index contributed by atoms with van der Waals surface area (Å²) in [7, 11) is 0. The van der Waals surface area contributed by atoms with Crippen LogP contribution in [0.3, 0.4) is 0 Å². The Bertz CT molecular complexity index is 559. The molecule has 3 rings (SSSR count). The molecule has 3 heterocycles. The molecule has 13 heteroatoms. The van der Waals surface area contributed by atoms with E-state index < -0.39 is 86.7 Å². The molecule has 7 N–H and O–H groups in total. The molecule has 0 aromatic carbocycles. The van der Waals surface area contributed by atoms with Gasteiger partial charge in [-0.25, -0.2) is 0 Å². The van der Waals surface area contributed by atoms with E-state index in [-0.39, 0.29) is 13.0 Å². The molecule has 0 aliphatic carbocycles. The maximum absolute atomic E-state index is 11.2. The van der Waals surface area contributed by atoms with Crippen LogP contribution in [0.2, 0.25) is 0 Å². The van der Waals surface area contributed by atoms with E-state index in [1.165, 1.54) is 0 Å². The third kappa shape index (κ3) is 4.70. The molecule has 11 atom stereocenters. The first-order chi connectivity index (χ1) is 13.8. The second kappa shape index (κ2) is 9.45. The Labute approximate surface area is 164 Å². The fraction of sp³-hybridized carbons (Fsp3) is 0.938. The molecule has 0 spiro atoms. The van der Waals surface area contributed by atoms with E-state index in [1.807, 2.05) is 0 Å². The van der Waals surface area contributed by atoms with Gasteiger partial charge >= 0.3 is 5.97 Å².